The average Bonchev–Trinajstić information content (AvgIpc) is 2.85. The van der Waals surface area contributed by atoms with Crippen LogP contribution in [0.3, 0.4) is 0 Å². The van der Waals surface area contributed by atoms with E-state index >= 15 is 0 Å². The number of furan rings is 1. The summed E-state index contributed by atoms with van der Waals surface area (Å²) < 4.78 is 18.8. The maximum atomic E-state index is 13.1. The van der Waals surface area contributed by atoms with Crippen molar-refractivity contribution in [1.29, 1.82) is 0 Å². The van der Waals surface area contributed by atoms with Crippen molar-refractivity contribution >= 4 is 28.5 Å². The van der Waals surface area contributed by atoms with E-state index in [1.165, 1.54) is 12.1 Å². The minimum Gasteiger partial charge on any atom is -0.455 e. The van der Waals surface area contributed by atoms with Gasteiger partial charge in [-0.2, -0.15) is 0 Å². The molecule has 0 spiro atoms. The normalized spacial score (nSPS) is 10.8. The predicted octanol–water partition coefficient (Wildman–Crippen LogP) is 4.25. The third-order valence-electron chi connectivity index (χ3n) is 3.21. The number of hydrogen-bond donors (Lipinski definition) is 1. The molecule has 0 aliphatic heterocycles. The van der Waals surface area contributed by atoms with Gasteiger partial charge in [-0.15, -0.1) is 0 Å². The van der Waals surface area contributed by atoms with Crippen LogP contribution in [0.25, 0.3) is 22.3 Å². The van der Waals surface area contributed by atoms with Gasteiger partial charge in [0, 0.05) is 23.0 Å². The fourth-order valence-electron chi connectivity index (χ4n) is 2.22. The zero-order valence-corrected chi connectivity index (χ0v) is 11.9. The van der Waals surface area contributed by atoms with Crippen LogP contribution in [0.4, 0.5) is 4.39 Å². The first-order chi connectivity index (χ1) is 10.1. The number of halogens is 2. The summed E-state index contributed by atoms with van der Waals surface area (Å²) in [7, 11) is 1.54. The van der Waals surface area contributed by atoms with Crippen LogP contribution >= 0.6 is 11.6 Å². The highest BCUT2D eigenvalue weighted by Gasteiger charge is 2.21. The number of carbonyl (C=O) groups is 1. The summed E-state index contributed by atoms with van der Waals surface area (Å²) in [6.07, 6.45) is 0. The molecule has 1 heterocycles. The topological polar surface area (TPSA) is 42.2 Å². The van der Waals surface area contributed by atoms with Crippen molar-refractivity contribution in [3.8, 4) is 11.3 Å². The van der Waals surface area contributed by atoms with Crippen molar-refractivity contribution in [3.63, 3.8) is 0 Å². The molecule has 1 N–H and O–H groups in total. The van der Waals surface area contributed by atoms with E-state index in [0.717, 1.165) is 0 Å². The molecule has 3 aromatic rings. The first-order valence-corrected chi connectivity index (χ1v) is 6.68. The van der Waals surface area contributed by atoms with Crippen LogP contribution in [0.15, 0.2) is 46.9 Å². The van der Waals surface area contributed by atoms with Gasteiger partial charge in [-0.3, -0.25) is 4.79 Å². The smallest absolute Gasteiger partial charge is 0.255 e. The molecule has 1 aromatic heterocycles. The summed E-state index contributed by atoms with van der Waals surface area (Å²) in [4.78, 5) is 12.2. The van der Waals surface area contributed by atoms with E-state index in [1.807, 2.05) is 0 Å². The fraction of sp³-hybridized carbons (Fsp3) is 0.0625. The Labute approximate surface area is 125 Å². The molecular formula is C16H11ClFNO2. The number of hydrogen-bond acceptors (Lipinski definition) is 2. The lowest BCUT2D eigenvalue weighted by atomic mass is 10.0. The van der Waals surface area contributed by atoms with Crippen molar-refractivity contribution in [3.05, 3.63) is 58.9 Å². The van der Waals surface area contributed by atoms with Gasteiger partial charge >= 0.3 is 0 Å². The largest absolute Gasteiger partial charge is 0.455 e. The highest BCUT2D eigenvalue weighted by atomic mass is 35.5. The summed E-state index contributed by atoms with van der Waals surface area (Å²) in [5.41, 5.74) is 1.57. The zero-order chi connectivity index (χ0) is 15.0. The molecule has 0 fully saturated rings. The monoisotopic (exact) mass is 303 g/mol. The SMILES string of the molecule is CNC(=O)c1c(-c2ccc(F)cc2)oc2ccc(Cl)cc12. The van der Waals surface area contributed by atoms with Gasteiger partial charge in [0.1, 0.15) is 17.2 Å². The maximum Gasteiger partial charge on any atom is 0.255 e. The number of carbonyl (C=O) groups excluding carboxylic acids is 1. The molecule has 2 aromatic carbocycles. The lowest BCUT2D eigenvalue weighted by Crippen LogP contribution is -2.18. The van der Waals surface area contributed by atoms with E-state index in [1.54, 1.807) is 37.4 Å². The molecule has 0 saturated carbocycles. The second-order valence-electron chi connectivity index (χ2n) is 4.53. The van der Waals surface area contributed by atoms with E-state index < -0.39 is 0 Å². The number of nitrogens with one attached hydrogen (secondary N) is 1. The number of rotatable bonds is 2. The van der Waals surface area contributed by atoms with E-state index in [-0.39, 0.29) is 11.7 Å². The van der Waals surface area contributed by atoms with Crippen LogP contribution in [0, 0.1) is 5.82 Å². The van der Waals surface area contributed by atoms with Gasteiger partial charge in [-0.25, -0.2) is 4.39 Å². The van der Waals surface area contributed by atoms with Crippen LogP contribution in [-0.2, 0) is 0 Å². The third kappa shape index (κ3) is 2.38. The van der Waals surface area contributed by atoms with Gasteiger partial charge in [0.2, 0.25) is 0 Å². The molecule has 0 aliphatic rings. The van der Waals surface area contributed by atoms with Gasteiger partial charge in [0.15, 0.2) is 0 Å². The molecule has 0 aliphatic carbocycles. The Morgan fingerprint density at radius 1 is 1.19 bits per heavy atom. The van der Waals surface area contributed by atoms with Crippen LogP contribution in [0.5, 0.6) is 0 Å². The molecule has 5 heteroatoms. The van der Waals surface area contributed by atoms with Crippen molar-refractivity contribution in [1.82, 2.24) is 5.32 Å². The van der Waals surface area contributed by atoms with Gasteiger partial charge in [-0.05, 0) is 42.5 Å². The van der Waals surface area contributed by atoms with Gasteiger partial charge in [-0.1, -0.05) is 11.6 Å². The Balaban J connectivity index is 2.30. The Kier molecular flexibility index (Phi) is 3.39. The molecule has 1 amide bonds. The molecule has 0 radical (unpaired) electrons. The minimum absolute atomic E-state index is 0.282. The quantitative estimate of drug-likeness (QED) is 0.769. The summed E-state index contributed by atoms with van der Waals surface area (Å²) in [5, 5.41) is 3.72. The van der Waals surface area contributed by atoms with Crippen LogP contribution in [-0.4, -0.2) is 13.0 Å². The molecule has 0 unspecified atom stereocenters. The lowest BCUT2D eigenvalue weighted by Gasteiger charge is -2.02. The number of fused-ring (bicyclic) bond motifs is 1. The summed E-state index contributed by atoms with van der Waals surface area (Å²) in [6, 6.07) is 10.9. The zero-order valence-electron chi connectivity index (χ0n) is 11.1. The molecule has 0 saturated heterocycles. The Morgan fingerprint density at radius 2 is 1.90 bits per heavy atom. The van der Waals surface area contributed by atoms with Crippen molar-refractivity contribution in [2.75, 3.05) is 7.05 Å². The van der Waals surface area contributed by atoms with E-state index in [0.29, 0.717) is 32.9 Å². The molecule has 0 bridgehead atoms. The third-order valence-corrected chi connectivity index (χ3v) is 3.45. The highest BCUT2D eigenvalue weighted by Crippen LogP contribution is 2.35. The standard InChI is InChI=1S/C16H11ClFNO2/c1-19-16(20)14-12-8-10(17)4-7-13(12)21-15(14)9-2-5-11(18)6-3-9/h2-8H,1H3,(H,19,20). The van der Waals surface area contributed by atoms with Crippen molar-refractivity contribution < 1.29 is 13.6 Å². The van der Waals surface area contributed by atoms with E-state index in [9.17, 15) is 9.18 Å². The molecule has 21 heavy (non-hydrogen) atoms. The number of amides is 1. The van der Waals surface area contributed by atoms with Gasteiger partial charge < -0.3 is 9.73 Å². The predicted molar refractivity (Wildman–Crippen MR) is 80.0 cm³/mol. The van der Waals surface area contributed by atoms with Crippen LogP contribution < -0.4 is 5.32 Å². The maximum absolute atomic E-state index is 13.1. The molecular weight excluding hydrogens is 293 g/mol. The van der Waals surface area contributed by atoms with E-state index in [4.69, 9.17) is 16.0 Å². The van der Waals surface area contributed by atoms with Gasteiger partial charge in [0.05, 0.1) is 5.56 Å². The summed E-state index contributed by atoms with van der Waals surface area (Å²) in [5.74, 6) is -0.235. The van der Waals surface area contributed by atoms with E-state index in [2.05, 4.69) is 5.32 Å². The first kappa shape index (κ1) is 13.6. The fourth-order valence-corrected chi connectivity index (χ4v) is 2.40. The molecule has 106 valence electrons. The Bertz CT molecular complexity index is 824. The average molecular weight is 304 g/mol. The van der Waals surface area contributed by atoms with Crippen molar-refractivity contribution in [2.24, 2.45) is 0 Å². The second kappa shape index (κ2) is 5.22. The second-order valence-corrected chi connectivity index (χ2v) is 4.97. The Morgan fingerprint density at radius 3 is 2.57 bits per heavy atom. The van der Waals surface area contributed by atoms with Crippen molar-refractivity contribution in [2.45, 2.75) is 0 Å². The highest BCUT2D eigenvalue weighted by molar-refractivity contribution is 6.31. The molecule has 3 nitrogen and oxygen atoms in total. The molecule has 3 rings (SSSR count). The lowest BCUT2D eigenvalue weighted by molar-refractivity contribution is 0.0964. The summed E-state index contributed by atoms with van der Waals surface area (Å²) >= 11 is 5.99. The van der Waals surface area contributed by atoms with Crippen LogP contribution in [0.2, 0.25) is 5.02 Å². The Hall–Kier alpha value is -2.33. The van der Waals surface area contributed by atoms with Crippen LogP contribution in [0.1, 0.15) is 10.4 Å². The molecule has 0 atom stereocenters. The number of benzene rings is 2. The summed E-state index contributed by atoms with van der Waals surface area (Å²) in [6.45, 7) is 0. The minimum atomic E-state index is -0.348. The van der Waals surface area contributed by atoms with Gasteiger partial charge in [0.25, 0.3) is 5.91 Å². The first-order valence-electron chi connectivity index (χ1n) is 6.30.